The van der Waals surface area contributed by atoms with Crippen molar-refractivity contribution in [1.29, 1.82) is 0 Å². The van der Waals surface area contributed by atoms with Crippen LogP contribution in [0.3, 0.4) is 0 Å². The van der Waals surface area contributed by atoms with Crippen molar-refractivity contribution in [2.75, 3.05) is 32.6 Å². The van der Waals surface area contributed by atoms with Gasteiger partial charge in [0.25, 0.3) is 0 Å². The van der Waals surface area contributed by atoms with Crippen LogP contribution in [0.1, 0.15) is 88.2 Å². The van der Waals surface area contributed by atoms with Crippen LogP contribution in [0, 0.1) is 23.7 Å². The van der Waals surface area contributed by atoms with Crippen LogP contribution in [-0.4, -0.2) is 71.2 Å². The maximum absolute atomic E-state index is 14.4. The second kappa shape index (κ2) is 19.8. The van der Waals surface area contributed by atoms with Crippen molar-refractivity contribution >= 4 is 23.4 Å². The lowest BCUT2D eigenvalue weighted by atomic mass is 9.55. The van der Waals surface area contributed by atoms with E-state index in [-0.39, 0.29) is 55.3 Å². The highest BCUT2D eigenvalue weighted by Crippen LogP contribution is 2.62. The molecule has 6 atom stereocenters. The number of nitrogens with zero attached hydrogens (tertiary/aromatic N) is 2. The Bertz CT molecular complexity index is 1900. The number of fused-ring (bicyclic) bond motifs is 2. The first kappa shape index (κ1) is 42.0. The van der Waals surface area contributed by atoms with Gasteiger partial charge >= 0.3 is 0 Å². The van der Waals surface area contributed by atoms with E-state index >= 15 is 0 Å². The van der Waals surface area contributed by atoms with Gasteiger partial charge < -0.3 is 34.2 Å². The smallest absolute Gasteiger partial charge is 0.239 e. The minimum atomic E-state index is -1.25. The summed E-state index contributed by atoms with van der Waals surface area (Å²) in [5, 5.41) is 24.8. The molecule has 1 amide bonds. The fourth-order valence-electron chi connectivity index (χ4n) is 9.48. The summed E-state index contributed by atoms with van der Waals surface area (Å²) < 4.78 is 21.0. The second-order valence-corrected chi connectivity index (χ2v) is 17.0. The summed E-state index contributed by atoms with van der Waals surface area (Å²) in [4.78, 5) is 23.9. The summed E-state index contributed by atoms with van der Waals surface area (Å²) in [5.41, 5.74) is 3.90. The summed E-state index contributed by atoms with van der Waals surface area (Å²) in [6.07, 6.45) is 14.1. The van der Waals surface area contributed by atoms with Crippen LogP contribution < -0.4 is 9.47 Å². The molecule has 3 aromatic carbocycles. The SMILES string of the molecule is C=CCOC12Oc3ccc(Oc4ccc(SC)cc4)cc3C3C(CCCCO)C(CCCCO)C=C(C(=NOCc4ccccc4)CC1N(CCC)C(=O)C1CC1)C32. The van der Waals surface area contributed by atoms with Crippen molar-refractivity contribution < 1.29 is 34.1 Å². The van der Waals surface area contributed by atoms with E-state index in [0.717, 1.165) is 90.2 Å². The zero-order valence-electron chi connectivity index (χ0n) is 34.1. The molecule has 6 unspecified atom stereocenters. The Morgan fingerprint density at radius 1 is 1.00 bits per heavy atom. The third-order valence-corrected chi connectivity index (χ3v) is 13.0. The monoisotopic (exact) mass is 808 g/mol. The molecule has 0 aromatic heterocycles. The Kier molecular flexibility index (Phi) is 14.3. The Morgan fingerprint density at radius 3 is 2.43 bits per heavy atom. The van der Waals surface area contributed by atoms with E-state index < -0.39 is 11.8 Å². The first-order chi connectivity index (χ1) is 28.4. The largest absolute Gasteiger partial charge is 0.459 e. The average Bonchev–Trinajstić information content (AvgIpc) is 4.10. The summed E-state index contributed by atoms with van der Waals surface area (Å²) in [7, 11) is 0. The fraction of sp³-hybridized carbons (Fsp3) is 0.500. The fourth-order valence-corrected chi connectivity index (χ4v) is 9.88. The number of carbonyl (C=O) groups is 1. The van der Waals surface area contributed by atoms with Gasteiger partial charge in [0.05, 0.1) is 18.2 Å². The van der Waals surface area contributed by atoms with E-state index in [1.165, 1.54) is 0 Å². The number of aliphatic hydroxyl groups is 2. The molecule has 2 saturated carbocycles. The Balaban J connectivity index is 1.41. The van der Waals surface area contributed by atoms with Gasteiger partial charge in [-0.3, -0.25) is 4.79 Å². The third-order valence-electron chi connectivity index (χ3n) is 12.2. The molecular formula is C48H60N2O7S. The molecule has 7 rings (SSSR count). The maximum Gasteiger partial charge on any atom is 0.239 e. The minimum absolute atomic E-state index is 0.000444. The van der Waals surface area contributed by atoms with E-state index in [1.54, 1.807) is 17.8 Å². The molecule has 2 N–H and O–H groups in total. The van der Waals surface area contributed by atoms with Gasteiger partial charge in [-0.2, -0.15) is 0 Å². The quantitative estimate of drug-likeness (QED) is 0.0474. The van der Waals surface area contributed by atoms with Crippen molar-refractivity contribution in [1.82, 2.24) is 4.90 Å². The highest BCUT2D eigenvalue weighted by molar-refractivity contribution is 7.98. The number of oxime groups is 1. The zero-order chi connectivity index (χ0) is 40.5. The van der Waals surface area contributed by atoms with Crippen LogP contribution in [0.25, 0.3) is 0 Å². The van der Waals surface area contributed by atoms with Gasteiger partial charge in [0.15, 0.2) is 0 Å². The van der Waals surface area contributed by atoms with Crippen molar-refractivity contribution in [3.8, 4) is 17.2 Å². The Hall–Kier alpha value is -4.09. The lowest BCUT2D eigenvalue weighted by Crippen LogP contribution is -2.70. The molecule has 2 fully saturated rings. The molecule has 310 valence electrons. The van der Waals surface area contributed by atoms with Gasteiger partial charge in [0.2, 0.25) is 11.7 Å². The van der Waals surface area contributed by atoms with Crippen LogP contribution in [0.4, 0.5) is 0 Å². The number of thioether (sulfide) groups is 1. The topological polar surface area (TPSA) is 110 Å². The zero-order valence-corrected chi connectivity index (χ0v) is 34.9. The number of benzene rings is 3. The summed E-state index contributed by atoms with van der Waals surface area (Å²) in [5.74, 6) is 0.881. The molecule has 1 aliphatic heterocycles. The lowest BCUT2D eigenvalue weighted by Gasteiger charge is -2.60. The first-order valence-electron chi connectivity index (χ1n) is 21.3. The molecule has 0 bridgehead atoms. The van der Waals surface area contributed by atoms with Crippen LogP contribution in [0.2, 0.25) is 0 Å². The number of hydrogen-bond donors (Lipinski definition) is 2. The van der Waals surface area contributed by atoms with Crippen molar-refractivity contribution in [3.05, 3.63) is 108 Å². The predicted octanol–water partition coefficient (Wildman–Crippen LogP) is 9.68. The van der Waals surface area contributed by atoms with Crippen LogP contribution in [0.15, 0.2) is 107 Å². The van der Waals surface area contributed by atoms with E-state index in [9.17, 15) is 15.0 Å². The molecule has 1 heterocycles. The van der Waals surface area contributed by atoms with Crippen LogP contribution >= 0.6 is 11.8 Å². The first-order valence-corrected chi connectivity index (χ1v) is 22.5. The molecule has 0 radical (unpaired) electrons. The summed E-state index contributed by atoms with van der Waals surface area (Å²) in [6.45, 7) is 7.56. The third kappa shape index (κ3) is 9.20. The Morgan fingerprint density at radius 2 is 1.74 bits per heavy atom. The molecule has 9 nitrogen and oxygen atoms in total. The molecule has 58 heavy (non-hydrogen) atoms. The highest BCUT2D eigenvalue weighted by atomic mass is 32.2. The van der Waals surface area contributed by atoms with E-state index in [0.29, 0.717) is 31.7 Å². The lowest BCUT2D eigenvalue weighted by molar-refractivity contribution is -0.257. The molecule has 3 aromatic rings. The van der Waals surface area contributed by atoms with E-state index in [1.807, 2.05) is 59.5 Å². The molecular weight excluding hydrogens is 749 g/mol. The normalized spacial score (nSPS) is 25.2. The van der Waals surface area contributed by atoms with Crippen LogP contribution in [-0.2, 0) is 21.0 Å². The standard InChI is InChI=1S/C48H60N2O7S/c1-4-25-50(47(53)34-17-18-34)44-31-42(49-55-32-33-13-7-6-8-14-33)40-29-35(15-9-11-26-51)39(16-10-12-27-52)45-41-30-37(56-36-19-22-38(58-3)23-20-36)21-24-43(41)57-48(44,46(40)45)54-28-5-2/h5-8,13-14,19-24,29-30,34-35,39,44-46,51-52H,2,4,9-12,15-18,25-28,31-32H2,1,3H3. The number of amides is 1. The molecule has 0 spiro atoms. The molecule has 4 aliphatic rings. The van der Waals surface area contributed by atoms with Gasteiger partial charge in [-0.25, -0.2) is 0 Å². The number of aliphatic hydroxyl groups excluding tert-OH is 2. The van der Waals surface area contributed by atoms with Gasteiger partial charge in [-0.05, 0) is 117 Å². The van der Waals surface area contributed by atoms with Gasteiger partial charge in [0, 0.05) is 48.5 Å². The van der Waals surface area contributed by atoms with Gasteiger partial charge in [0.1, 0.15) is 29.9 Å². The van der Waals surface area contributed by atoms with Crippen molar-refractivity contribution in [2.24, 2.45) is 28.8 Å². The average molecular weight is 809 g/mol. The molecule has 0 saturated heterocycles. The Labute approximate surface area is 348 Å². The van der Waals surface area contributed by atoms with Gasteiger partial charge in [-0.15, -0.1) is 18.3 Å². The highest BCUT2D eigenvalue weighted by Gasteiger charge is 2.65. The number of ether oxygens (including phenoxy) is 3. The van der Waals surface area contributed by atoms with E-state index in [4.69, 9.17) is 24.2 Å². The number of rotatable bonds is 21. The summed E-state index contributed by atoms with van der Waals surface area (Å²) >= 11 is 1.69. The van der Waals surface area contributed by atoms with Gasteiger partial charge in [-0.1, -0.05) is 67.4 Å². The molecule has 10 heteroatoms. The van der Waals surface area contributed by atoms with E-state index in [2.05, 4.69) is 44.0 Å². The number of allylic oxidation sites excluding steroid dienone is 1. The second-order valence-electron chi connectivity index (χ2n) is 16.1. The minimum Gasteiger partial charge on any atom is -0.459 e. The van der Waals surface area contributed by atoms with Crippen molar-refractivity contribution in [2.45, 2.75) is 100 Å². The number of carbonyl (C=O) groups excluding carboxylic acids is 1. The molecule has 3 aliphatic carbocycles. The maximum atomic E-state index is 14.4. The summed E-state index contributed by atoms with van der Waals surface area (Å²) in [6, 6.07) is 23.8. The number of unbranched alkanes of at least 4 members (excludes halogenated alkanes) is 2. The predicted molar refractivity (Wildman–Crippen MR) is 229 cm³/mol. The number of hydrogen-bond acceptors (Lipinski definition) is 9. The van der Waals surface area contributed by atoms with Crippen LogP contribution in [0.5, 0.6) is 17.2 Å². The van der Waals surface area contributed by atoms with Crippen molar-refractivity contribution in [3.63, 3.8) is 0 Å².